The Morgan fingerprint density at radius 3 is 2.74 bits per heavy atom. The molecule has 6 nitrogen and oxygen atoms in total. The first-order valence-corrected chi connectivity index (χ1v) is 9.95. The van der Waals surface area contributed by atoms with Crippen LogP contribution < -0.4 is 10.6 Å². The Balaban J connectivity index is 1.62. The first-order valence-electron chi connectivity index (χ1n) is 9.95. The summed E-state index contributed by atoms with van der Waals surface area (Å²) in [5.74, 6) is 1.27. The smallest absolute Gasteiger partial charge is 0.381 e. The number of guanidine groups is 1. The zero-order chi connectivity index (χ0) is 19.5. The van der Waals surface area contributed by atoms with Crippen LogP contribution >= 0.6 is 0 Å². The number of halogens is 3. The Labute approximate surface area is 159 Å². The van der Waals surface area contributed by atoms with Gasteiger partial charge in [-0.05, 0) is 38.5 Å². The van der Waals surface area contributed by atoms with Gasteiger partial charge in [0.25, 0.3) is 0 Å². The van der Waals surface area contributed by atoms with Gasteiger partial charge in [-0.25, -0.2) is 0 Å². The Morgan fingerprint density at radius 2 is 2.04 bits per heavy atom. The van der Waals surface area contributed by atoms with E-state index in [0.29, 0.717) is 51.1 Å². The second-order valence-electron chi connectivity index (χ2n) is 7.23. The zero-order valence-corrected chi connectivity index (χ0v) is 16.2. The minimum Gasteiger partial charge on any atom is -0.381 e. The summed E-state index contributed by atoms with van der Waals surface area (Å²) in [6.45, 7) is 6.42. The van der Waals surface area contributed by atoms with E-state index in [2.05, 4.69) is 15.6 Å². The molecule has 0 aromatic rings. The molecule has 0 amide bonds. The number of hydrogen-bond acceptors (Lipinski definition) is 4. The lowest BCUT2D eigenvalue weighted by atomic mass is 10.0. The van der Waals surface area contributed by atoms with Gasteiger partial charge in [0.2, 0.25) is 0 Å². The summed E-state index contributed by atoms with van der Waals surface area (Å²) in [5, 5.41) is 6.41. The SMILES string of the molecule is CCNC(=NCCCOCC1CCOCC1)NC1CCN(CC(F)(F)F)C1. The number of aliphatic imine (C=N–C) groups is 1. The van der Waals surface area contributed by atoms with Crippen molar-refractivity contribution in [2.24, 2.45) is 10.9 Å². The number of likely N-dealkylation sites (tertiary alicyclic amines) is 1. The third-order valence-corrected chi connectivity index (χ3v) is 4.77. The molecule has 0 saturated carbocycles. The minimum absolute atomic E-state index is 0.00470. The number of rotatable bonds is 9. The summed E-state index contributed by atoms with van der Waals surface area (Å²) in [4.78, 5) is 5.95. The highest BCUT2D eigenvalue weighted by Crippen LogP contribution is 2.20. The van der Waals surface area contributed by atoms with Gasteiger partial charge < -0.3 is 20.1 Å². The van der Waals surface area contributed by atoms with Crippen LogP contribution in [-0.4, -0.2) is 82.2 Å². The number of ether oxygens (including phenoxy) is 2. The summed E-state index contributed by atoms with van der Waals surface area (Å²) >= 11 is 0. The molecule has 0 aromatic heterocycles. The Kier molecular flexibility index (Phi) is 9.64. The van der Waals surface area contributed by atoms with Crippen LogP contribution in [0, 0.1) is 5.92 Å². The fourth-order valence-electron chi connectivity index (χ4n) is 3.38. The molecule has 2 fully saturated rings. The number of alkyl halides is 3. The third-order valence-electron chi connectivity index (χ3n) is 4.77. The van der Waals surface area contributed by atoms with E-state index in [1.807, 2.05) is 6.92 Å². The van der Waals surface area contributed by atoms with E-state index in [-0.39, 0.29) is 6.04 Å². The molecule has 2 saturated heterocycles. The van der Waals surface area contributed by atoms with Gasteiger partial charge in [0.1, 0.15) is 0 Å². The van der Waals surface area contributed by atoms with Crippen LogP contribution in [0.3, 0.4) is 0 Å². The van der Waals surface area contributed by atoms with Crippen LogP contribution in [0.5, 0.6) is 0 Å². The lowest BCUT2D eigenvalue weighted by Crippen LogP contribution is -2.45. The van der Waals surface area contributed by atoms with Crippen LogP contribution in [0.25, 0.3) is 0 Å². The fourth-order valence-corrected chi connectivity index (χ4v) is 3.38. The van der Waals surface area contributed by atoms with Crippen molar-refractivity contribution in [1.82, 2.24) is 15.5 Å². The van der Waals surface area contributed by atoms with Gasteiger partial charge in [-0.1, -0.05) is 0 Å². The molecule has 1 unspecified atom stereocenters. The maximum absolute atomic E-state index is 12.5. The Bertz CT molecular complexity index is 443. The highest BCUT2D eigenvalue weighted by atomic mass is 19.4. The van der Waals surface area contributed by atoms with Crippen molar-refractivity contribution in [2.75, 3.05) is 59.2 Å². The molecule has 2 aliphatic rings. The average molecular weight is 394 g/mol. The molecule has 2 aliphatic heterocycles. The number of nitrogens with one attached hydrogen (secondary N) is 2. The second-order valence-corrected chi connectivity index (χ2v) is 7.23. The van der Waals surface area contributed by atoms with E-state index in [4.69, 9.17) is 9.47 Å². The summed E-state index contributed by atoms with van der Waals surface area (Å²) in [6.07, 6.45) is -0.490. The quantitative estimate of drug-likeness (QED) is 0.356. The van der Waals surface area contributed by atoms with E-state index >= 15 is 0 Å². The number of nitrogens with zero attached hydrogens (tertiary/aromatic N) is 2. The van der Waals surface area contributed by atoms with Crippen LogP contribution in [-0.2, 0) is 9.47 Å². The van der Waals surface area contributed by atoms with Gasteiger partial charge in [0.05, 0.1) is 6.54 Å². The summed E-state index contributed by atoms with van der Waals surface area (Å²) in [5.41, 5.74) is 0. The van der Waals surface area contributed by atoms with E-state index in [0.717, 1.165) is 39.1 Å². The standard InChI is InChI=1S/C18H33F3N4O2/c1-2-22-17(24-16-4-8-25(12-16)14-18(19,20)21)23-7-3-9-27-13-15-5-10-26-11-6-15/h15-16H,2-14H2,1H3,(H2,22,23,24). The Hall–Kier alpha value is -1.06. The lowest BCUT2D eigenvalue weighted by Gasteiger charge is -2.21. The maximum Gasteiger partial charge on any atom is 0.401 e. The van der Waals surface area contributed by atoms with Crippen molar-refractivity contribution >= 4 is 5.96 Å². The highest BCUT2D eigenvalue weighted by Gasteiger charge is 2.34. The van der Waals surface area contributed by atoms with Gasteiger partial charge in [0, 0.05) is 58.6 Å². The molecule has 0 aromatic carbocycles. The molecule has 158 valence electrons. The lowest BCUT2D eigenvalue weighted by molar-refractivity contribution is -0.143. The maximum atomic E-state index is 12.5. The monoisotopic (exact) mass is 394 g/mol. The van der Waals surface area contributed by atoms with Gasteiger partial charge in [-0.2, -0.15) is 13.2 Å². The molecule has 1 atom stereocenters. The van der Waals surface area contributed by atoms with Crippen molar-refractivity contribution in [3.05, 3.63) is 0 Å². The van der Waals surface area contributed by atoms with E-state index < -0.39 is 12.7 Å². The first-order chi connectivity index (χ1) is 13.0. The topological polar surface area (TPSA) is 58.1 Å². The summed E-state index contributed by atoms with van der Waals surface area (Å²) in [7, 11) is 0. The predicted molar refractivity (Wildman–Crippen MR) is 99.0 cm³/mol. The second kappa shape index (κ2) is 11.7. The fraction of sp³-hybridized carbons (Fsp3) is 0.944. The van der Waals surface area contributed by atoms with Crippen molar-refractivity contribution in [3.8, 4) is 0 Å². The zero-order valence-electron chi connectivity index (χ0n) is 16.2. The van der Waals surface area contributed by atoms with Gasteiger partial charge in [0.15, 0.2) is 5.96 Å². The predicted octanol–water partition coefficient (Wildman–Crippen LogP) is 2.01. The molecule has 2 N–H and O–H groups in total. The molecular formula is C18H33F3N4O2. The van der Waals surface area contributed by atoms with Crippen molar-refractivity contribution in [3.63, 3.8) is 0 Å². The Morgan fingerprint density at radius 1 is 1.26 bits per heavy atom. The molecular weight excluding hydrogens is 361 g/mol. The minimum atomic E-state index is -4.14. The highest BCUT2D eigenvalue weighted by molar-refractivity contribution is 5.80. The molecule has 9 heteroatoms. The van der Waals surface area contributed by atoms with Gasteiger partial charge in [-0.15, -0.1) is 0 Å². The molecule has 27 heavy (non-hydrogen) atoms. The van der Waals surface area contributed by atoms with E-state index in [9.17, 15) is 13.2 Å². The molecule has 0 bridgehead atoms. The molecule has 0 spiro atoms. The van der Waals surface area contributed by atoms with E-state index in [1.165, 1.54) is 4.90 Å². The third kappa shape index (κ3) is 9.62. The molecule has 2 heterocycles. The van der Waals surface area contributed by atoms with Crippen molar-refractivity contribution < 1.29 is 22.6 Å². The van der Waals surface area contributed by atoms with Crippen LogP contribution in [0.1, 0.15) is 32.6 Å². The summed E-state index contributed by atoms with van der Waals surface area (Å²) in [6, 6.07) is -0.00470. The number of hydrogen-bond donors (Lipinski definition) is 2. The van der Waals surface area contributed by atoms with E-state index in [1.54, 1.807) is 0 Å². The molecule has 0 radical (unpaired) electrons. The van der Waals surface area contributed by atoms with Crippen LogP contribution in [0.2, 0.25) is 0 Å². The summed E-state index contributed by atoms with van der Waals surface area (Å²) < 4.78 is 48.5. The average Bonchev–Trinajstić information content (AvgIpc) is 3.04. The van der Waals surface area contributed by atoms with Crippen molar-refractivity contribution in [1.29, 1.82) is 0 Å². The largest absolute Gasteiger partial charge is 0.401 e. The first kappa shape index (κ1) is 22.2. The van der Waals surface area contributed by atoms with Crippen molar-refractivity contribution in [2.45, 2.75) is 44.8 Å². The van der Waals surface area contributed by atoms with Gasteiger partial charge >= 0.3 is 6.18 Å². The van der Waals surface area contributed by atoms with Crippen LogP contribution in [0.4, 0.5) is 13.2 Å². The normalized spacial score (nSPS) is 23.0. The van der Waals surface area contributed by atoms with Crippen LogP contribution in [0.15, 0.2) is 4.99 Å². The molecule has 0 aliphatic carbocycles. The molecule has 2 rings (SSSR count). The van der Waals surface area contributed by atoms with Gasteiger partial charge in [-0.3, -0.25) is 9.89 Å².